The first-order chi connectivity index (χ1) is 13.0. The summed E-state index contributed by atoms with van der Waals surface area (Å²) in [6, 6.07) is 11.8. The number of hydrogen-bond acceptors (Lipinski definition) is 4. The van der Waals surface area contributed by atoms with Gasteiger partial charge in [0.05, 0.1) is 18.9 Å². The van der Waals surface area contributed by atoms with Gasteiger partial charge in [0.2, 0.25) is 5.91 Å². The molecule has 144 valence electrons. The van der Waals surface area contributed by atoms with Gasteiger partial charge in [-0.05, 0) is 50.2 Å². The van der Waals surface area contributed by atoms with E-state index in [4.69, 9.17) is 21.1 Å². The Bertz CT molecular complexity index is 778. The fourth-order valence-electron chi connectivity index (χ4n) is 2.35. The summed E-state index contributed by atoms with van der Waals surface area (Å²) in [5.74, 6) is 0.723. The molecule has 0 aromatic heterocycles. The van der Waals surface area contributed by atoms with Crippen molar-refractivity contribution in [3.8, 4) is 11.5 Å². The van der Waals surface area contributed by atoms with Crippen LogP contribution in [-0.4, -0.2) is 31.6 Å². The van der Waals surface area contributed by atoms with Crippen molar-refractivity contribution in [2.75, 3.05) is 25.1 Å². The van der Waals surface area contributed by atoms with E-state index in [-0.39, 0.29) is 24.8 Å². The number of halogens is 1. The first-order valence-corrected chi connectivity index (χ1v) is 9.14. The molecule has 0 fully saturated rings. The Balaban J connectivity index is 1.90. The summed E-state index contributed by atoms with van der Waals surface area (Å²) in [6.07, 6.45) is 0.129. The molecule has 0 unspecified atom stereocenters. The molecule has 2 rings (SSSR count). The zero-order chi connectivity index (χ0) is 19.6. The van der Waals surface area contributed by atoms with Crippen molar-refractivity contribution >= 4 is 29.1 Å². The minimum atomic E-state index is -0.257. The zero-order valence-corrected chi connectivity index (χ0v) is 16.1. The van der Waals surface area contributed by atoms with Crippen molar-refractivity contribution in [3.05, 3.63) is 53.1 Å². The molecule has 0 aliphatic heterocycles. The smallest absolute Gasteiger partial charge is 0.251 e. The Kier molecular flexibility index (Phi) is 7.95. The number of hydrogen-bond donors (Lipinski definition) is 2. The molecule has 0 aliphatic rings. The molecule has 2 amide bonds. The molecule has 0 saturated heterocycles. The second-order valence-electron chi connectivity index (χ2n) is 5.58. The highest BCUT2D eigenvalue weighted by atomic mass is 35.5. The van der Waals surface area contributed by atoms with Crippen molar-refractivity contribution < 1.29 is 19.1 Å². The molecule has 2 aromatic carbocycles. The normalized spacial score (nSPS) is 10.2. The van der Waals surface area contributed by atoms with E-state index in [0.29, 0.717) is 41.0 Å². The van der Waals surface area contributed by atoms with Gasteiger partial charge in [-0.15, -0.1) is 0 Å². The monoisotopic (exact) mass is 390 g/mol. The maximum Gasteiger partial charge on any atom is 0.251 e. The second kappa shape index (κ2) is 10.4. The van der Waals surface area contributed by atoms with Crippen molar-refractivity contribution in [2.24, 2.45) is 0 Å². The number of ether oxygens (including phenoxy) is 2. The van der Waals surface area contributed by atoms with Crippen molar-refractivity contribution in [1.29, 1.82) is 0 Å². The highest BCUT2D eigenvalue weighted by molar-refractivity contribution is 6.30. The fourth-order valence-corrected chi connectivity index (χ4v) is 2.48. The van der Waals surface area contributed by atoms with Gasteiger partial charge < -0.3 is 20.1 Å². The van der Waals surface area contributed by atoms with E-state index in [1.54, 1.807) is 42.5 Å². The molecule has 6 nitrogen and oxygen atoms in total. The Morgan fingerprint density at radius 1 is 1.00 bits per heavy atom. The van der Waals surface area contributed by atoms with Crippen LogP contribution in [0.25, 0.3) is 0 Å². The molecule has 2 N–H and O–H groups in total. The van der Waals surface area contributed by atoms with E-state index in [1.165, 1.54) is 0 Å². The summed E-state index contributed by atoms with van der Waals surface area (Å²) in [7, 11) is 0. The number of benzene rings is 2. The lowest BCUT2D eigenvalue weighted by molar-refractivity contribution is -0.116. The molecule has 0 saturated carbocycles. The average Bonchev–Trinajstić information content (AvgIpc) is 2.64. The van der Waals surface area contributed by atoms with E-state index in [0.717, 1.165) is 0 Å². The largest absolute Gasteiger partial charge is 0.494 e. The summed E-state index contributed by atoms with van der Waals surface area (Å²) in [4.78, 5) is 24.3. The van der Waals surface area contributed by atoms with Gasteiger partial charge in [-0.25, -0.2) is 0 Å². The topological polar surface area (TPSA) is 76.7 Å². The van der Waals surface area contributed by atoms with Gasteiger partial charge in [-0.1, -0.05) is 11.6 Å². The van der Waals surface area contributed by atoms with E-state index in [2.05, 4.69) is 10.6 Å². The summed E-state index contributed by atoms with van der Waals surface area (Å²) >= 11 is 5.80. The van der Waals surface area contributed by atoms with Gasteiger partial charge in [0.25, 0.3) is 5.91 Å². The number of carbonyl (C=O) groups excluding carboxylic acids is 2. The van der Waals surface area contributed by atoms with Crippen molar-refractivity contribution in [2.45, 2.75) is 20.3 Å². The third-order valence-corrected chi connectivity index (χ3v) is 3.83. The van der Waals surface area contributed by atoms with Gasteiger partial charge in [-0.3, -0.25) is 9.59 Å². The predicted octanol–water partition coefficient (Wildman–Crippen LogP) is 3.90. The molecule has 0 aliphatic carbocycles. The lowest BCUT2D eigenvalue weighted by atomic mass is 10.2. The highest BCUT2D eigenvalue weighted by Crippen LogP contribution is 2.29. The Morgan fingerprint density at radius 2 is 1.70 bits per heavy atom. The standard InChI is InChI=1S/C20H23ClN2O4/c1-3-26-16-9-10-18(27-4-2)17(13-16)23-19(24)11-12-22-20(25)14-5-7-15(21)8-6-14/h5-10,13H,3-4,11-12H2,1-2H3,(H,22,25)(H,23,24). The second-order valence-corrected chi connectivity index (χ2v) is 6.02. The van der Waals surface area contributed by atoms with Gasteiger partial charge in [0.1, 0.15) is 11.5 Å². The summed E-state index contributed by atoms with van der Waals surface area (Å²) in [6.45, 7) is 4.97. The van der Waals surface area contributed by atoms with E-state index in [9.17, 15) is 9.59 Å². The number of carbonyl (C=O) groups is 2. The van der Waals surface area contributed by atoms with Crippen molar-refractivity contribution in [3.63, 3.8) is 0 Å². The van der Waals surface area contributed by atoms with Crippen LogP contribution in [0.4, 0.5) is 5.69 Å². The van der Waals surface area contributed by atoms with Gasteiger partial charge in [-0.2, -0.15) is 0 Å². The molecule has 0 spiro atoms. The van der Waals surface area contributed by atoms with Crippen LogP contribution in [0.3, 0.4) is 0 Å². The molecule has 2 aromatic rings. The molecular weight excluding hydrogens is 368 g/mol. The van der Waals surface area contributed by atoms with Crippen LogP contribution in [0.2, 0.25) is 5.02 Å². The molecule has 7 heteroatoms. The Labute approximate surface area is 163 Å². The van der Waals surface area contributed by atoms with Crippen LogP contribution in [0.5, 0.6) is 11.5 Å². The van der Waals surface area contributed by atoms with Gasteiger partial charge in [0, 0.05) is 29.6 Å². The molecule has 0 heterocycles. The third kappa shape index (κ3) is 6.49. The minimum Gasteiger partial charge on any atom is -0.494 e. The van der Waals surface area contributed by atoms with E-state index >= 15 is 0 Å². The summed E-state index contributed by atoms with van der Waals surface area (Å²) in [5.41, 5.74) is 1.03. The Morgan fingerprint density at radius 3 is 2.37 bits per heavy atom. The molecule has 27 heavy (non-hydrogen) atoms. The third-order valence-electron chi connectivity index (χ3n) is 3.58. The number of nitrogens with one attached hydrogen (secondary N) is 2. The maximum absolute atomic E-state index is 12.2. The SMILES string of the molecule is CCOc1ccc(OCC)c(NC(=O)CCNC(=O)c2ccc(Cl)cc2)c1. The van der Waals surface area contributed by atoms with Crippen molar-refractivity contribution in [1.82, 2.24) is 5.32 Å². The molecule has 0 atom stereocenters. The minimum absolute atomic E-state index is 0.129. The van der Waals surface area contributed by atoms with Crippen LogP contribution in [0.15, 0.2) is 42.5 Å². The van der Waals surface area contributed by atoms with Crippen LogP contribution in [0.1, 0.15) is 30.6 Å². The van der Waals surface area contributed by atoms with E-state index < -0.39 is 0 Å². The number of anilines is 1. The van der Waals surface area contributed by atoms with Crippen LogP contribution in [0, 0.1) is 0 Å². The van der Waals surface area contributed by atoms with Gasteiger partial charge in [0.15, 0.2) is 0 Å². The van der Waals surface area contributed by atoms with Crippen LogP contribution >= 0.6 is 11.6 Å². The lowest BCUT2D eigenvalue weighted by Gasteiger charge is -2.13. The Hall–Kier alpha value is -2.73. The predicted molar refractivity (Wildman–Crippen MR) is 106 cm³/mol. The van der Waals surface area contributed by atoms with Gasteiger partial charge >= 0.3 is 0 Å². The zero-order valence-electron chi connectivity index (χ0n) is 15.4. The first kappa shape index (κ1) is 20.6. The summed E-state index contributed by atoms with van der Waals surface area (Å²) < 4.78 is 11.0. The molecular formula is C20H23ClN2O4. The molecule has 0 bridgehead atoms. The number of rotatable bonds is 9. The summed E-state index contributed by atoms with van der Waals surface area (Å²) in [5, 5.41) is 6.07. The average molecular weight is 391 g/mol. The fraction of sp³-hybridized carbons (Fsp3) is 0.300. The van der Waals surface area contributed by atoms with E-state index in [1.807, 2.05) is 13.8 Å². The molecule has 0 radical (unpaired) electrons. The van der Waals surface area contributed by atoms with Crippen LogP contribution < -0.4 is 20.1 Å². The lowest BCUT2D eigenvalue weighted by Crippen LogP contribution is -2.27. The number of amides is 2. The quantitative estimate of drug-likeness (QED) is 0.680. The highest BCUT2D eigenvalue weighted by Gasteiger charge is 2.11. The first-order valence-electron chi connectivity index (χ1n) is 8.76. The van der Waals surface area contributed by atoms with Crippen LogP contribution in [-0.2, 0) is 4.79 Å². The maximum atomic E-state index is 12.2.